The van der Waals surface area contributed by atoms with Crippen molar-refractivity contribution in [1.29, 1.82) is 0 Å². The summed E-state index contributed by atoms with van der Waals surface area (Å²) >= 11 is 12.1. The van der Waals surface area contributed by atoms with Crippen molar-refractivity contribution in [2.45, 2.75) is 18.8 Å². The van der Waals surface area contributed by atoms with Gasteiger partial charge in [0.05, 0.1) is 10.0 Å². The molecule has 0 N–H and O–H groups in total. The molecule has 0 heterocycles. The maximum atomic E-state index is 11.7. The van der Waals surface area contributed by atoms with E-state index in [0.717, 1.165) is 34.4 Å². The minimum atomic E-state index is 0.250. The molecule has 0 fully saturated rings. The Balaban J connectivity index is 2.11. The lowest BCUT2D eigenvalue weighted by atomic mass is 9.78. The summed E-state index contributed by atoms with van der Waals surface area (Å²) in [6, 6.07) is 13.9. The summed E-state index contributed by atoms with van der Waals surface area (Å²) in [4.78, 5) is 0. The first-order chi connectivity index (χ1) is 10.1. The van der Waals surface area contributed by atoms with Crippen LogP contribution in [0.25, 0.3) is 0 Å². The molecule has 0 aliphatic heterocycles. The molecule has 0 bridgehead atoms. The fraction of sp³-hybridized carbons (Fsp3) is 0.235. The second-order valence-electron chi connectivity index (χ2n) is 5.30. The Kier molecular flexibility index (Phi) is 3.92. The highest BCUT2D eigenvalue weighted by Crippen LogP contribution is 2.38. The van der Waals surface area contributed by atoms with E-state index in [1.54, 1.807) is 7.05 Å². The largest absolute Gasteiger partial charge is 0.624 e. The number of hydroxylamine groups is 1. The molecule has 2 aromatic rings. The molecule has 0 saturated carbocycles. The van der Waals surface area contributed by atoms with Crippen LogP contribution in [0, 0.1) is 5.21 Å². The van der Waals surface area contributed by atoms with Crippen LogP contribution in [0.15, 0.2) is 42.5 Å². The van der Waals surface area contributed by atoms with Crippen LogP contribution < -0.4 is 0 Å². The number of hydrogen-bond donors (Lipinski definition) is 0. The zero-order valence-electron chi connectivity index (χ0n) is 11.6. The van der Waals surface area contributed by atoms with Gasteiger partial charge in [-0.25, -0.2) is 4.74 Å². The van der Waals surface area contributed by atoms with E-state index < -0.39 is 0 Å². The lowest BCUT2D eigenvalue weighted by Crippen LogP contribution is -2.23. The molecule has 0 saturated heterocycles. The van der Waals surface area contributed by atoms with Gasteiger partial charge < -0.3 is 5.21 Å². The van der Waals surface area contributed by atoms with Gasteiger partial charge in [0.1, 0.15) is 7.05 Å². The molecule has 0 spiro atoms. The third kappa shape index (κ3) is 2.66. The normalized spacial score (nSPS) is 20.0. The minimum absolute atomic E-state index is 0.250. The predicted octanol–water partition coefficient (Wildman–Crippen LogP) is 4.85. The van der Waals surface area contributed by atoms with E-state index in [1.807, 2.05) is 36.4 Å². The van der Waals surface area contributed by atoms with Crippen molar-refractivity contribution >= 4 is 28.9 Å². The topological polar surface area (TPSA) is 26.1 Å². The van der Waals surface area contributed by atoms with Crippen molar-refractivity contribution in [3.05, 3.63) is 74.4 Å². The molecular weight excluding hydrogens is 305 g/mol. The van der Waals surface area contributed by atoms with Gasteiger partial charge in [0.2, 0.25) is 0 Å². The van der Waals surface area contributed by atoms with E-state index in [0.29, 0.717) is 10.0 Å². The van der Waals surface area contributed by atoms with Gasteiger partial charge in [0.15, 0.2) is 5.71 Å². The van der Waals surface area contributed by atoms with Crippen LogP contribution in [-0.4, -0.2) is 17.5 Å². The van der Waals surface area contributed by atoms with E-state index >= 15 is 0 Å². The molecule has 108 valence electrons. The Morgan fingerprint density at radius 1 is 1.10 bits per heavy atom. The van der Waals surface area contributed by atoms with Crippen LogP contribution in [0.2, 0.25) is 10.0 Å². The Morgan fingerprint density at radius 2 is 1.86 bits per heavy atom. The number of benzene rings is 2. The summed E-state index contributed by atoms with van der Waals surface area (Å²) in [5.41, 5.74) is 4.21. The van der Waals surface area contributed by atoms with E-state index in [4.69, 9.17) is 23.2 Å². The van der Waals surface area contributed by atoms with Gasteiger partial charge in [-0.3, -0.25) is 0 Å². The van der Waals surface area contributed by atoms with Crippen molar-refractivity contribution in [2.75, 3.05) is 7.05 Å². The molecule has 3 rings (SSSR count). The van der Waals surface area contributed by atoms with Crippen LogP contribution >= 0.6 is 23.2 Å². The Bertz CT molecular complexity index is 720. The van der Waals surface area contributed by atoms with Gasteiger partial charge in [-0.05, 0) is 35.7 Å². The Labute approximate surface area is 134 Å². The van der Waals surface area contributed by atoms with Crippen LogP contribution in [-0.2, 0) is 0 Å². The van der Waals surface area contributed by atoms with E-state index in [1.165, 1.54) is 5.56 Å². The smallest absolute Gasteiger partial charge is 0.194 e. The average Bonchev–Trinajstić information content (AvgIpc) is 2.49. The Morgan fingerprint density at radius 3 is 2.57 bits per heavy atom. The second kappa shape index (κ2) is 5.70. The molecule has 1 aliphatic rings. The third-order valence-electron chi connectivity index (χ3n) is 4.04. The molecule has 1 unspecified atom stereocenters. The van der Waals surface area contributed by atoms with Gasteiger partial charge >= 0.3 is 0 Å². The van der Waals surface area contributed by atoms with Crippen molar-refractivity contribution in [1.82, 2.24) is 0 Å². The standard InChI is InChI=1S/C17H15Cl2NO/c1-20(21)17-9-7-12(13-4-2-3-5-14(13)17)11-6-8-15(18)16(19)10-11/h2-6,8,10,12H,7,9H2,1H3. The summed E-state index contributed by atoms with van der Waals surface area (Å²) < 4.78 is 0.976. The molecule has 0 aromatic heterocycles. The highest BCUT2D eigenvalue weighted by molar-refractivity contribution is 6.42. The number of nitrogens with zero attached hydrogens (tertiary/aromatic N) is 1. The fourth-order valence-corrected chi connectivity index (χ4v) is 3.34. The van der Waals surface area contributed by atoms with Gasteiger partial charge in [-0.15, -0.1) is 0 Å². The van der Waals surface area contributed by atoms with Crippen LogP contribution in [0.1, 0.15) is 35.4 Å². The molecule has 0 radical (unpaired) electrons. The van der Waals surface area contributed by atoms with Gasteiger partial charge in [0.25, 0.3) is 0 Å². The summed E-state index contributed by atoms with van der Waals surface area (Å²) in [6.45, 7) is 0. The van der Waals surface area contributed by atoms with Crippen LogP contribution in [0.3, 0.4) is 0 Å². The molecule has 2 aromatic carbocycles. The molecule has 1 atom stereocenters. The maximum Gasteiger partial charge on any atom is 0.194 e. The summed E-state index contributed by atoms with van der Waals surface area (Å²) in [6.07, 6.45) is 1.67. The average molecular weight is 320 g/mol. The first kappa shape index (κ1) is 14.4. The zero-order valence-corrected chi connectivity index (χ0v) is 13.2. The van der Waals surface area contributed by atoms with E-state index in [9.17, 15) is 5.21 Å². The predicted molar refractivity (Wildman–Crippen MR) is 87.6 cm³/mol. The van der Waals surface area contributed by atoms with E-state index in [2.05, 4.69) is 6.07 Å². The lowest BCUT2D eigenvalue weighted by Gasteiger charge is -2.26. The van der Waals surface area contributed by atoms with Gasteiger partial charge in [0, 0.05) is 17.9 Å². The van der Waals surface area contributed by atoms with Crippen molar-refractivity contribution < 1.29 is 4.74 Å². The monoisotopic (exact) mass is 319 g/mol. The summed E-state index contributed by atoms with van der Waals surface area (Å²) in [5, 5.41) is 12.9. The van der Waals surface area contributed by atoms with Crippen molar-refractivity contribution in [3.8, 4) is 0 Å². The molecule has 21 heavy (non-hydrogen) atoms. The molecular formula is C17H15Cl2NO. The summed E-state index contributed by atoms with van der Waals surface area (Å²) in [5.74, 6) is 0.250. The maximum absolute atomic E-state index is 11.7. The summed E-state index contributed by atoms with van der Waals surface area (Å²) in [7, 11) is 1.56. The Hall–Kier alpha value is -1.51. The molecule has 4 heteroatoms. The molecule has 0 amide bonds. The molecule has 2 nitrogen and oxygen atoms in total. The number of fused-ring (bicyclic) bond motifs is 1. The highest BCUT2D eigenvalue weighted by Gasteiger charge is 2.28. The lowest BCUT2D eigenvalue weighted by molar-refractivity contribution is -0.423. The number of halogens is 2. The van der Waals surface area contributed by atoms with Crippen molar-refractivity contribution in [3.63, 3.8) is 0 Å². The van der Waals surface area contributed by atoms with Gasteiger partial charge in [-0.2, -0.15) is 0 Å². The van der Waals surface area contributed by atoms with Crippen LogP contribution in [0.5, 0.6) is 0 Å². The number of hydrogen-bond acceptors (Lipinski definition) is 1. The van der Waals surface area contributed by atoms with Crippen LogP contribution in [0.4, 0.5) is 0 Å². The fourth-order valence-electron chi connectivity index (χ4n) is 3.04. The first-order valence-corrected chi connectivity index (χ1v) is 7.64. The third-order valence-corrected chi connectivity index (χ3v) is 4.78. The SMILES string of the molecule is C[N+]([O-])=C1CCC(c2ccc(Cl)c(Cl)c2)c2ccccc21. The molecule has 1 aliphatic carbocycles. The number of rotatable bonds is 1. The van der Waals surface area contributed by atoms with E-state index in [-0.39, 0.29) is 5.92 Å². The second-order valence-corrected chi connectivity index (χ2v) is 6.11. The highest BCUT2D eigenvalue weighted by atomic mass is 35.5. The van der Waals surface area contributed by atoms with Gasteiger partial charge in [-0.1, -0.05) is 47.5 Å². The van der Waals surface area contributed by atoms with Crippen molar-refractivity contribution in [2.24, 2.45) is 0 Å². The zero-order chi connectivity index (χ0) is 15.0. The minimum Gasteiger partial charge on any atom is -0.624 e. The first-order valence-electron chi connectivity index (χ1n) is 6.89. The quantitative estimate of drug-likeness (QED) is 0.419.